The maximum atomic E-state index is 5.54. The third-order valence-corrected chi connectivity index (χ3v) is 2.00. The predicted molar refractivity (Wildman–Crippen MR) is 39.1 cm³/mol. The number of rotatable bonds is 1. The second-order valence-corrected chi connectivity index (χ2v) is 2.71. The Kier molecular flexibility index (Phi) is 1.54. The molecule has 2 N–H and O–H groups in total. The molecule has 1 saturated heterocycles. The van der Waals surface area contributed by atoms with Crippen LogP contribution in [0.1, 0.15) is 17.9 Å². The number of aromatic nitrogens is 1. The number of nitrogens with zero attached hydrogens (tertiary/aromatic N) is 1. The molecule has 0 aromatic carbocycles. The van der Waals surface area contributed by atoms with Gasteiger partial charge in [-0.3, -0.25) is 0 Å². The van der Waals surface area contributed by atoms with Crippen LogP contribution in [0.5, 0.6) is 0 Å². The zero-order chi connectivity index (χ0) is 7.68. The lowest BCUT2D eigenvalue weighted by atomic mass is 10.0. The van der Waals surface area contributed by atoms with Gasteiger partial charge in [-0.15, -0.1) is 0 Å². The van der Waals surface area contributed by atoms with Crippen LogP contribution in [0, 0.1) is 0 Å². The highest BCUT2D eigenvalue weighted by Gasteiger charge is 2.21. The summed E-state index contributed by atoms with van der Waals surface area (Å²) in [5, 5.41) is 3.61. The molecule has 4 nitrogen and oxygen atoms in total. The first-order chi connectivity index (χ1) is 5.38. The molecular formula is C7H10N2O2. The molecule has 1 fully saturated rings. The second-order valence-electron chi connectivity index (χ2n) is 2.71. The van der Waals surface area contributed by atoms with Gasteiger partial charge in [0, 0.05) is 18.1 Å². The lowest BCUT2D eigenvalue weighted by Crippen LogP contribution is -1.98. The second kappa shape index (κ2) is 2.54. The molecule has 0 saturated carbocycles. The molecule has 1 aliphatic rings. The third kappa shape index (κ3) is 1.09. The average molecular weight is 154 g/mol. The van der Waals surface area contributed by atoms with Crippen molar-refractivity contribution in [2.45, 2.75) is 12.3 Å². The van der Waals surface area contributed by atoms with Crippen LogP contribution in [0.3, 0.4) is 0 Å². The Hall–Kier alpha value is -1.03. The van der Waals surface area contributed by atoms with Crippen LogP contribution in [0.15, 0.2) is 10.7 Å². The fourth-order valence-electron chi connectivity index (χ4n) is 1.34. The Bertz CT molecular complexity index is 240. The van der Waals surface area contributed by atoms with Gasteiger partial charge in [0.2, 0.25) is 5.88 Å². The fraction of sp³-hybridized carbons (Fsp3) is 0.571. The molecule has 0 spiro atoms. The molecule has 4 heteroatoms. The number of nitrogen functional groups attached to an aromatic ring is 1. The Balaban J connectivity index is 2.21. The molecule has 1 unspecified atom stereocenters. The average Bonchev–Trinajstić information content (AvgIpc) is 2.55. The van der Waals surface area contributed by atoms with Crippen molar-refractivity contribution in [3.8, 4) is 0 Å². The predicted octanol–water partition coefficient (Wildman–Crippen LogP) is 0.761. The van der Waals surface area contributed by atoms with Gasteiger partial charge in [-0.2, -0.15) is 0 Å². The van der Waals surface area contributed by atoms with Gasteiger partial charge in [0.15, 0.2) is 0 Å². The first-order valence-electron chi connectivity index (χ1n) is 3.65. The van der Waals surface area contributed by atoms with E-state index in [2.05, 4.69) is 5.16 Å². The highest BCUT2D eigenvalue weighted by Crippen LogP contribution is 2.28. The summed E-state index contributed by atoms with van der Waals surface area (Å²) in [7, 11) is 0. The number of anilines is 1. The van der Waals surface area contributed by atoms with Gasteiger partial charge < -0.3 is 15.0 Å². The van der Waals surface area contributed by atoms with Crippen LogP contribution >= 0.6 is 0 Å². The summed E-state index contributed by atoms with van der Waals surface area (Å²) in [5.74, 6) is 0.821. The first-order valence-corrected chi connectivity index (χ1v) is 3.65. The van der Waals surface area contributed by atoms with Crippen molar-refractivity contribution in [1.82, 2.24) is 5.16 Å². The lowest BCUT2D eigenvalue weighted by molar-refractivity contribution is 0.194. The van der Waals surface area contributed by atoms with Gasteiger partial charge in [-0.1, -0.05) is 5.16 Å². The van der Waals surface area contributed by atoms with Gasteiger partial charge in [-0.05, 0) is 6.42 Å². The number of nitrogens with two attached hydrogens (primary N) is 1. The molecule has 0 amide bonds. The summed E-state index contributed by atoms with van der Waals surface area (Å²) in [6.45, 7) is 1.56. The Morgan fingerprint density at radius 3 is 3.09 bits per heavy atom. The van der Waals surface area contributed by atoms with Crippen molar-refractivity contribution in [2.24, 2.45) is 0 Å². The summed E-state index contributed by atoms with van der Waals surface area (Å²) in [6.07, 6.45) is 2.69. The summed E-state index contributed by atoms with van der Waals surface area (Å²) < 4.78 is 9.96. The van der Waals surface area contributed by atoms with E-state index in [0.29, 0.717) is 11.8 Å². The quantitative estimate of drug-likeness (QED) is 0.648. The van der Waals surface area contributed by atoms with Crippen molar-refractivity contribution in [2.75, 3.05) is 18.9 Å². The first kappa shape index (κ1) is 6.67. The Morgan fingerprint density at radius 2 is 2.55 bits per heavy atom. The molecule has 0 aliphatic carbocycles. The van der Waals surface area contributed by atoms with Gasteiger partial charge in [0.1, 0.15) is 0 Å². The van der Waals surface area contributed by atoms with Crippen molar-refractivity contribution >= 4 is 5.88 Å². The van der Waals surface area contributed by atoms with E-state index in [-0.39, 0.29) is 0 Å². The molecule has 1 atom stereocenters. The van der Waals surface area contributed by atoms with E-state index >= 15 is 0 Å². The van der Waals surface area contributed by atoms with Crippen molar-refractivity contribution < 1.29 is 9.26 Å². The molecule has 1 aromatic heterocycles. The molecule has 11 heavy (non-hydrogen) atoms. The van der Waals surface area contributed by atoms with Crippen LogP contribution in [0.25, 0.3) is 0 Å². The van der Waals surface area contributed by atoms with Crippen LogP contribution in [0.4, 0.5) is 5.88 Å². The minimum absolute atomic E-state index is 0.390. The largest absolute Gasteiger partial charge is 0.381 e. The van der Waals surface area contributed by atoms with Crippen LogP contribution in [-0.4, -0.2) is 18.4 Å². The smallest absolute Gasteiger partial charge is 0.225 e. The zero-order valence-corrected chi connectivity index (χ0v) is 6.12. The summed E-state index contributed by atoms with van der Waals surface area (Å²) in [6, 6.07) is 0. The van der Waals surface area contributed by atoms with Crippen molar-refractivity contribution in [3.05, 3.63) is 11.8 Å². The molecule has 1 aromatic rings. The van der Waals surface area contributed by atoms with E-state index < -0.39 is 0 Å². The van der Waals surface area contributed by atoms with E-state index in [1.807, 2.05) is 0 Å². The normalized spacial score (nSPS) is 24.2. The summed E-state index contributed by atoms with van der Waals surface area (Å²) >= 11 is 0. The highest BCUT2D eigenvalue weighted by atomic mass is 16.5. The number of hydrogen-bond acceptors (Lipinski definition) is 4. The van der Waals surface area contributed by atoms with E-state index in [9.17, 15) is 0 Å². The zero-order valence-electron chi connectivity index (χ0n) is 6.12. The van der Waals surface area contributed by atoms with Gasteiger partial charge >= 0.3 is 0 Å². The van der Waals surface area contributed by atoms with Gasteiger partial charge in [0.05, 0.1) is 12.8 Å². The Labute approximate surface area is 64.3 Å². The molecular weight excluding hydrogens is 144 g/mol. The molecule has 2 rings (SSSR count). The number of hydrogen-bond donors (Lipinski definition) is 1. The van der Waals surface area contributed by atoms with Gasteiger partial charge in [-0.25, -0.2) is 0 Å². The maximum Gasteiger partial charge on any atom is 0.225 e. The van der Waals surface area contributed by atoms with Crippen LogP contribution in [0.2, 0.25) is 0 Å². The molecule has 0 bridgehead atoms. The van der Waals surface area contributed by atoms with E-state index in [1.54, 1.807) is 6.20 Å². The summed E-state index contributed by atoms with van der Waals surface area (Å²) in [5.41, 5.74) is 6.52. The topological polar surface area (TPSA) is 61.3 Å². The highest BCUT2D eigenvalue weighted by molar-refractivity contribution is 5.36. The van der Waals surface area contributed by atoms with E-state index in [4.69, 9.17) is 15.0 Å². The molecule has 0 radical (unpaired) electrons. The van der Waals surface area contributed by atoms with Gasteiger partial charge in [0.25, 0.3) is 0 Å². The van der Waals surface area contributed by atoms with E-state index in [1.165, 1.54) is 0 Å². The SMILES string of the molecule is Nc1oncc1C1CCOC1. The molecule has 1 aliphatic heterocycles. The summed E-state index contributed by atoms with van der Waals surface area (Å²) in [4.78, 5) is 0. The number of ether oxygens (including phenoxy) is 1. The van der Waals surface area contributed by atoms with Crippen LogP contribution < -0.4 is 5.73 Å². The minimum Gasteiger partial charge on any atom is -0.381 e. The van der Waals surface area contributed by atoms with Crippen LogP contribution in [-0.2, 0) is 4.74 Å². The van der Waals surface area contributed by atoms with Crippen molar-refractivity contribution in [1.29, 1.82) is 0 Å². The monoisotopic (exact) mass is 154 g/mol. The van der Waals surface area contributed by atoms with Crippen molar-refractivity contribution in [3.63, 3.8) is 0 Å². The third-order valence-electron chi connectivity index (χ3n) is 2.00. The Morgan fingerprint density at radius 1 is 1.64 bits per heavy atom. The molecule has 60 valence electrons. The minimum atomic E-state index is 0.390. The standard InChI is InChI=1S/C7H10N2O2/c8-7-6(3-9-11-7)5-1-2-10-4-5/h3,5H,1-2,4,8H2. The van der Waals surface area contributed by atoms with E-state index in [0.717, 1.165) is 25.2 Å². The fourth-order valence-corrected chi connectivity index (χ4v) is 1.34. The molecule has 2 heterocycles. The lowest BCUT2D eigenvalue weighted by Gasteiger charge is -2.01. The maximum absolute atomic E-state index is 5.54.